The summed E-state index contributed by atoms with van der Waals surface area (Å²) in [6, 6.07) is 17.4. The molecule has 1 saturated carbocycles. The van der Waals surface area contributed by atoms with Crippen molar-refractivity contribution in [2.24, 2.45) is 5.92 Å². The van der Waals surface area contributed by atoms with Gasteiger partial charge in [0.1, 0.15) is 0 Å². The van der Waals surface area contributed by atoms with Crippen molar-refractivity contribution in [1.82, 2.24) is 9.55 Å². The van der Waals surface area contributed by atoms with E-state index in [0.29, 0.717) is 5.69 Å². The molecule has 2 N–H and O–H groups in total. The fraction of sp³-hybridized carbons (Fsp3) is 0.259. The molecule has 1 aliphatic rings. The summed E-state index contributed by atoms with van der Waals surface area (Å²) in [4.78, 5) is 16.7. The molecule has 0 spiro atoms. The van der Waals surface area contributed by atoms with Crippen LogP contribution in [0.1, 0.15) is 43.9 Å². The maximum Gasteiger partial charge on any atom is 0.223 e. The zero-order valence-corrected chi connectivity index (χ0v) is 17.8. The van der Waals surface area contributed by atoms with Crippen LogP contribution in [-0.2, 0) is 0 Å². The number of nitrogens with zero attached hydrogens (tertiary/aromatic N) is 2. The summed E-state index contributed by atoms with van der Waals surface area (Å²) < 4.78 is 1.75. The van der Waals surface area contributed by atoms with Crippen LogP contribution in [0.15, 0.2) is 78.0 Å². The Hall–Kier alpha value is -3.44. The number of hydrogen-bond donors (Lipinski definition) is 2. The van der Waals surface area contributed by atoms with E-state index < -0.39 is 11.5 Å². The maximum absolute atomic E-state index is 12.3. The Morgan fingerprint density at radius 1 is 0.969 bits per heavy atom. The van der Waals surface area contributed by atoms with Gasteiger partial charge in [-0.3, -0.25) is 9.78 Å². The smallest absolute Gasteiger partial charge is 0.223 e. The van der Waals surface area contributed by atoms with Gasteiger partial charge in [0.2, 0.25) is 5.43 Å². The summed E-state index contributed by atoms with van der Waals surface area (Å²) in [6.07, 6.45) is 9.61. The van der Waals surface area contributed by atoms with Crippen molar-refractivity contribution in [3.63, 3.8) is 0 Å². The minimum Gasteiger partial charge on any atom is -0.503 e. The Balaban J connectivity index is 1.62. The predicted molar refractivity (Wildman–Crippen MR) is 126 cm³/mol. The molecular weight excluding hydrogens is 400 g/mol. The summed E-state index contributed by atoms with van der Waals surface area (Å²) >= 11 is 0. The van der Waals surface area contributed by atoms with E-state index in [1.807, 2.05) is 54.9 Å². The molecule has 0 saturated heterocycles. The lowest BCUT2D eigenvalue weighted by Gasteiger charge is -2.28. The molecule has 32 heavy (non-hydrogen) atoms. The maximum atomic E-state index is 12.3. The van der Waals surface area contributed by atoms with Crippen molar-refractivity contribution in [1.29, 1.82) is 0 Å². The van der Waals surface area contributed by atoms with E-state index in [2.05, 4.69) is 11.1 Å². The number of hydrogen-bond acceptors (Lipinski definition) is 4. The molecule has 5 nitrogen and oxygen atoms in total. The van der Waals surface area contributed by atoms with Crippen molar-refractivity contribution >= 4 is 10.8 Å². The summed E-state index contributed by atoms with van der Waals surface area (Å²) in [5.41, 5.74) is 2.80. The van der Waals surface area contributed by atoms with Gasteiger partial charge in [0.15, 0.2) is 5.75 Å². The van der Waals surface area contributed by atoms with Crippen LogP contribution in [0.5, 0.6) is 5.75 Å². The van der Waals surface area contributed by atoms with Crippen LogP contribution in [0.4, 0.5) is 0 Å². The monoisotopic (exact) mass is 426 g/mol. The second kappa shape index (κ2) is 8.60. The lowest BCUT2D eigenvalue weighted by molar-refractivity contribution is 0.0790. The molecule has 2 heterocycles. The second-order valence-electron chi connectivity index (χ2n) is 8.62. The molecule has 1 unspecified atom stereocenters. The molecule has 5 rings (SSSR count). The molecule has 0 amide bonds. The molecular formula is C27H26N2O3. The third kappa shape index (κ3) is 3.80. The Morgan fingerprint density at radius 2 is 1.78 bits per heavy atom. The molecule has 2 aromatic carbocycles. The lowest BCUT2D eigenvalue weighted by atomic mass is 9.84. The van der Waals surface area contributed by atoms with E-state index in [-0.39, 0.29) is 11.7 Å². The van der Waals surface area contributed by atoms with Crippen LogP contribution in [0.3, 0.4) is 0 Å². The van der Waals surface area contributed by atoms with Gasteiger partial charge in [-0.1, -0.05) is 55.7 Å². The molecule has 0 radical (unpaired) electrons. The highest BCUT2D eigenvalue weighted by atomic mass is 16.3. The van der Waals surface area contributed by atoms with Crippen LogP contribution in [0.2, 0.25) is 0 Å². The zero-order chi connectivity index (χ0) is 22.1. The molecule has 162 valence electrons. The van der Waals surface area contributed by atoms with Gasteiger partial charge in [0.25, 0.3) is 0 Å². The van der Waals surface area contributed by atoms with Gasteiger partial charge in [-0.2, -0.15) is 0 Å². The van der Waals surface area contributed by atoms with E-state index in [0.717, 1.165) is 53.3 Å². The fourth-order valence-corrected chi connectivity index (χ4v) is 4.85. The van der Waals surface area contributed by atoms with Crippen LogP contribution in [-0.4, -0.2) is 19.8 Å². The minimum atomic E-state index is -0.758. The average Bonchev–Trinajstić information content (AvgIpc) is 2.85. The molecule has 1 fully saturated rings. The quantitative estimate of drug-likeness (QED) is 0.460. The van der Waals surface area contributed by atoms with Crippen molar-refractivity contribution in [3.8, 4) is 22.6 Å². The summed E-state index contributed by atoms with van der Waals surface area (Å²) in [7, 11) is 0. The van der Waals surface area contributed by atoms with Crippen LogP contribution in [0, 0.1) is 5.92 Å². The van der Waals surface area contributed by atoms with E-state index in [1.54, 1.807) is 4.57 Å². The summed E-state index contributed by atoms with van der Waals surface area (Å²) in [5, 5.41) is 23.5. The predicted octanol–water partition coefficient (Wildman–Crippen LogP) is 5.37. The van der Waals surface area contributed by atoms with Crippen LogP contribution in [0.25, 0.3) is 27.6 Å². The Labute approximate surface area is 186 Å². The van der Waals surface area contributed by atoms with Crippen LogP contribution < -0.4 is 5.43 Å². The Morgan fingerprint density at radius 3 is 2.62 bits per heavy atom. The first-order valence-electron chi connectivity index (χ1n) is 11.2. The normalized spacial score (nSPS) is 15.7. The first-order chi connectivity index (χ1) is 15.6. The van der Waals surface area contributed by atoms with Gasteiger partial charge in [0.05, 0.1) is 18.0 Å². The van der Waals surface area contributed by atoms with E-state index in [4.69, 9.17) is 0 Å². The average molecular weight is 427 g/mol. The van der Waals surface area contributed by atoms with Crippen molar-refractivity contribution < 1.29 is 10.2 Å². The van der Waals surface area contributed by atoms with Crippen molar-refractivity contribution in [2.45, 2.75) is 38.2 Å². The summed E-state index contributed by atoms with van der Waals surface area (Å²) in [5.74, 6) is -0.216. The van der Waals surface area contributed by atoms with Gasteiger partial charge in [-0.05, 0) is 41.8 Å². The van der Waals surface area contributed by atoms with Gasteiger partial charge < -0.3 is 14.8 Å². The van der Waals surface area contributed by atoms with Crippen LogP contribution >= 0.6 is 0 Å². The van der Waals surface area contributed by atoms with Gasteiger partial charge >= 0.3 is 0 Å². The standard InChI is InChI=1S/C27H26N2O3/c30-25-14-24(27(32)18-7-2-1-3-8-18)29(17-26(25)31)21-11-6-10-19(13-21)23-16-28-15-20-9-4-5-12-22(20)23/h4-6,9-18,27,31-32H,1-3,7-8H2. The first-order valence-corrected chi connectivity index (χ1v) is 11.2. The zero-order valence-electron chi connectivity index (χ0n) is 17.8. The number of rotatable bonds is 4. The van der Waals surface area contributed by atoms with Crippen molar-refractivity contribution in [2.75, 3.05) is 0 Å². The Kier molecular flexibility index (Phi) is 5.50. The molecule has 0 aliphatic heterocycles. The fourth-order valence-electron chi connectivity index (χ4n) is 4.85. The van der Waals surface area contributed by atoms with Gasteiger partial charge in [0, 0.05) is 35.1 Å². The van der Waals surface area contributed by atoms with E-state index in [9.17, 15) is 15.0 Å². The lowest BCUT2D eigenvalue weighted by Crippen LogP contribution is -2.22. The molecule has 1 atom stereocenters. The minimum absolute atomic E-state index is 0.115. The number of benzene rings is 2. The van der Waals surface area contributed by atoms with Gasteiger partial charge in [-0.25, -0.2) is 0 Å². The molecule has 0 bridgehead atoms. The first kappa shape index (κ1) is 20.5. The number of aliphatic hydroxyl groups is 1. The highest BCUT2D eigenvalue weighted by molar-refractivity contribution is 5.95. The highest BCUT2D eigenvalue weighted by Crippen LogP contribution is 2.36. The van der Waals surface area contributed by atoms with E-state index >= 15 is 0 Å². The highest BCUT2D eigenvalue weighted by Gasteiger charge is 2.26. The SMILES string of the molecule is O=c1cc(C(O)C2CCCCC2)n(-c2cccc(-c3cncc4ccccc34)c2)cc1O. The number of fused-ring (bicyclic) bond motifs is 1. The third-order valence-electron chi connectivity index (χ3n) is 6.56. The number of aliphatic hydroxyl groups excluding tert-OH is 1. The molecule has 1 aliphatic carbocycles. The Bertz CT molecular complexity index is 1320. The summed E-state index contributed by atoms with van der Waals surface area (Å²) in [6.45, 7) is 0. The molecule has 5 heteroatoms. The molecule has 2 aromatic heterocycles. The molecule has 4 aromatic rings. The van der Waals surface area contributed by atoms with Crippen molar-refractivity contribution in [3.05, 3.63) is 89.1 Å². The number of aromatic hydroxyl groups is 1. The number of pyridine rings is 2. The number of aromatic nitrogens is 2. The topological polar surface area (TPSA) is 75.3 Å². The largest absolute Gasteiger partial charge is 0.503 e. The second-order valence-corrected chi connectivity index (χ2v) is 8.62. The van der Waals surface area contributed by atoms with Gasteiger partial charge in [-0.15, -0.1) is 0 Å². The third-order valence-corrected chi connectivity index (χ3v) is 6.56. The van der Waals surface area contributed by atoms with E-state index in [1.165, 1.54) is 18.7 Å².